The van der Waals surface area contributed by atoms with Crippen molar-refractivity contribution in [2.24, 2.45) is 0 Å². The highest BCUT2D eigenvalue weighted by atomic mass is 32.1. The monoisotopic (exact) mass is 317 g/mol. The number of benzene rings is 1. The molecule has 4 heteroatoms. The summed E-state index contributed by atoms with van der Waals surface area (Å²) >= 11 is 3.48. The summed E-state index contributed by atoms with van der Waals surface area (Å²) in [5.41, 5.74) is 1.76. The largest absolute Gasteiger partial charge is 0.377 e. The highest BCUT2D eigenvalue weighted by Gasteiger charge is 2.14. The van der Waals surface area contributed by atoms with Crippen LogP contribution >= 0.6 is 22.7 Å². The Bertz CT molecular complexity index is 669. The summed E-state index contributed by atoms with van der Waals surface area (Å²) in [6.45, 7) is 1.91. The van der Waals surface area contributed by atoms with Crippen LogP contribution in [0.1, 0.15) is 21.4 Å². The molecule has 1 atom stereocenters. The van der Waals surface area contributed by atoms with Crippen molar-refractivity contribution < 1.29 is 4.39 Å². The number of halogens is 1. The van der Waals surface area contributed by atoms with Gasteiger partial charge >= 0.3 is 0 Å². The standard InChI is InChI=1S/C17H16FNS2/c1-12-8-13(18)10-14(9-12)19-16(17-5-3-7-21-17)11-15-4-2-6-20-15/h2-10,16,19H,11H2,1H3. The first kappa shape index (κ1) is 14.3. The SMILES string of the molecule is Cc1cc(F)cc(NC(Cc2cccs2)c2cccs2)c1. The van der Waals surface area contributed by atoms with Crippen LogP contribution in [-0.2, 0) is 6.42 Å². The van der Waals surface area contributed by atoms with E-state index in [1.54, 1.807) is 34.8 Å². The van der Waals surface area contributed by atoms with Crippen molar-refractivity contribution in [3.63, 3.8) is 0 Å². The van der Waals surface area contributed by atoms with E-state index in [4.69, 9.17) is 0 Å². The highest BCUT2D eigenvalue weighted by Crippen LogP contribution is 2.29. The molecule has 2 aromatic heterocycles. The van der Waals surface area contributed by atoms with Gasteiger partial charge < -0.3 is 5.32 Å². The van der Waals surface area contributed by atoms with E-state index < -0.39 is 0 Å². The minimum atomic E-state index is -0.196. The molecule has 0 fully saturated rings. The second-order valence-corrected chi connectivity index (χ2v) is 7.02. The first-order valence-electron chi connectivity index (χ1n) is 6.80. The molecule has 0 spiro atoms. The van der Waals surface area contributed by atoms with Gasteiger partial charge in [-0.05, 0) is 53.6 Å². The van der Waals surface area contributed by atoms with Crippen LogP contribution in [-0.4, -0.2) is 0 Å². The van der Waals surface area contributed by atoms with E-state index in [1.807, 2.05) is 13.0 Å². The average Bonchev–Trinajstić information content (AvgIpc) is 3.10. The van der Waals surface area contributed by atoms with Gasteiger partial charge in [0, 0.05) is 21.9 Å². The molecule has 1 aromatic carbocycles. The van der Waals surface area contributed by atoms with Crippen molar-refractivity contribution in [1.82, 2.24) is 0 Å². The Balaban J connectivity index is 1.85. The van der Waals surface area contributed by atoms with Crippen molar-refractivity contribution in [3.8, 4) is 0 Å². The molecule has 3 rings (SSSR count). The second-order valence-electron chi connectivity index (χ2n) is 5.01. The average molecular weight is 317 g/mol. The molecule has 1 unspecified atom stereocenters. The van der Waals surface area contributed by atoms with Gasteiger partial charge in [0.2, 0.25) is 0 Å². The Kier molecular flexibility index (Phi) is 4.36. The maximum atomic E-state index is 13.6. The first-order valence-corrected chi connectivity index (χ1v) is 8.56. The van der Waals surface area contributed by atoms with Gasteiger partial charge in [0.05, 0.1) is 6.04 Å². The molecule has 2 heterocycles. The molecule has 0 bridgehead atoms. The first-order chi connectivity index (χ1) is 10.2. The summed E-state index contributed by atoms with van der Waals surface area (Å²) in [7, 11) is 0. The molecule has 0 saturated heterocycles. The molecular formula is C17H16FNS2. The van der Waals surface area contributed by atoms with Gasteiger partial charge in [-0.15, -0.1) is 22.7 Å². The van der Waals surface area contributed by atoms with Crippen molar-refractivity contribution in [3.05, 3.63) is 74.4 Å². The van der Waals surface area contributed by atoms with Gasteiger partial charge in [0.15, 0.2) is 0 Å². The number of nitrogens with one attached hydrogen (secondary N) is 1. The minimum Gasteiger partial charge on any atom is -0.377 e. The van der Waals surface area contributed by atoms with Crippen molar-refractivity contribution in [2.45, 2.75) is 19.4 Å². The number of hydrogen-bond donors (Lipinski definition) is 1. The van der Waals surface area contributed by atoms with Crippen molar-refractivity contribution in [1.29, 1.82) is 0 Å². The van der Waals surface area contributed by atoms with E-state index in [0.717, 1.165) is 17.7 Å². The summed E-state index contributed by atoms with van der Waals surface area (Å²) in [6, 6.07) is 13.7. The zero-order valence-electron chi connectivity index (χ0n) is 11.7. The van der Waals surface area contributed by atoms with Crippen LogP contribution in [0, 0.1) is 12.7 Å². The molecular weight excluding hydrogens is 301 g/mol. The quantitative estimate of drug-likeness (QED) is 0.641. The Morgan fingerprint density at radius 2 is 1.90 bits per heavy atom. The fourth-order valence-corrected chi connectivity index (χ4v) is 3.89. The van der Waals surface area contributed by atoms with Crippen LogP contribution in [0.5, 0.6) is 0 Å². The van der Waals surface area contributed by atoms with E-state index in [9.17, 15) is 4.39 Å². The summed E-state index contributed by atoms with van der Waals surface area (Å²) < 4.78 is 13.6. The lowest BCUT2D eigenvalue weighted by Gasteiger charge is -2.18. The number of anilines is 1. The lowest BCUT2D eigenvalue weighted by molar-refractivity contribution is 0.626. The minimum absolute atomic E-state index is 0.171. The maximum absolute atomic E-state index is 13.6. The number of hydrogen-bond acceptors (Lipinski definition) is 3. The Morgan fingerprint density at radius 1 is 1.10 bits per heavy atom. The molecule has 21 heavy (non-hydrogen) atoms. The van der Waals surface area contributed by atoms with E-state index in [1.165, 1.54) is 9.75 Å². The number of aryl methyl sites for hydroxylation is 1. The molecule has 0 saturated carbocycles. The van der Waals surface area contributed by atoms with E-state index >= 15 is 0 Å². The third-order valence-corrected chi connectivity index (χ3v) is 5.14. The van der Waals surface area contributed by atoms with Gasteiger partial charge in [-0.25, -0.2) is 4.39 Å². The molecule has 0 aliphatic rings. The van der Waals surface area contributed by atoms with Crippen molar-refractivity contribution >= 4 is 28.4 Å². The summed E-state index contributed by atoms with van der Waals surface area (Å²) in [5.74, 6) is -0.196. The zero-order chi connectivity index (χ0) is 14.7. The molecule has 0 radical (unpaired) electrons. The van der Waals surface area contributed by atoms with Gasteiger partial charge in [-0.1, -0.05) is 12.1 Å². The molecule has 0 aliphatic heterocycles. The van der Waals surface area contributed by atoms with Crippen LogP contribution in [0.3, 0.4) is 0 Å². The van der Waals surface area contributed by atoms with Crippen molar-refractivity contribution in [2.75, 3.05) is 5.32 Å². The Labute approximate surface area is 132 Å². The normalized spacial score (nSPS) is 12.3. The molecule has 3 aromatic rings. The molecule has 108 valence electrons. The Morgan fingerprint density at radius 3 is 2.57 bits per heavy atom. The molecule has 0 amide bonds. The van der Waals surface area contributed by atoms with Crippen LogP contribution in [0.15, 0.2) is 53.2 Å². The predicted molar refractivity (Wildman–Crippen MR) is 89.8 cm³/mol. The van der Waals surface area contributed by atoms with Gasteiger partial charge in [-0.3, -0.25) is 0 Å². The topological polar surface area (TPSA) is 12.0 Å². The second kappa shape index (κ2) is 6.41. The molecule has 1 nitrogen and oxygen atoms in total. The fraction of sp³-hybridized carbons (Fsp3) is 0.176. The van der Waals surface area contributed by atoms with Crippen LogP contribution in [0.2, 0.25) is 0 Å². The molecule has 1 N–H and O–H groups in total. The lowest BCUT2D eigenvalue weighted by atomic mass is 10.1. The highest BCUT2D eigenvalue weighted by molar-refractivity contribution is 7.10. The zero-order valence-corrected chi connectivity index (χ0v) is 13.3. The lowest BCUT2D eigenvalue weighted by Crippen LogP contribution is -2.12. The van der Waals surface area contributed by atoms with E-state index in [0.29, 0.717) is 0 Å². The number of thiophene rings is 2. The van der Waals surface area contributed by atoms with Gasteiger partial charge in [0.25, 0.3) is 0 Å². The van der Waals surface area contributed by atoms with Crippen LogP contribution in [0.25, 0.3) is 0 Å². The summed E-state index contributed by atoms with van der Waals surface area (Å²) in [4.78, 5) is 2.60. The van der Waals surface area contributed by atoms with Crippen LogP contribution < -0.4 is 5.32 Å². The Hall–Kier alpha value is -1.65. The summed E-state index contributed by atoms with van der Waals surface area (Å²) in [5, 5.41) is 7.65. The number of rotatable bonds is 5. The summed E-state index contributed by atoms with van der Waals surface area (Å²) in [6.07, 6.45) is 0.910. The van der Waals surface area contributed by atoms with E-state index in [-0.39, 0.29) is 11.9 Å². The maximum Gasteiger partial charge on any atom is 0.125 e. The van der Waals surface area contributed by atoms with E-state index in [2.05, 4.69) is 40.3 Å². The molecule has 0 aliphatic carbocycles. The predicted octanol–water partition coefficient (Wildman–Crippen LogP) is 5.65. The third kappa shape index (κ3) is 3.71. The van der Waals surface area contributed by atoms with Gasteiger partial charge in [0.1, 0.15) is 5.82 Å². The van der Waals surface area contributed by atoms with Crippen LogP contribution in [0.4, 0.5) is 10.1 Å². The third-order valence-electron chi connectivity index (χ3n) is 3.26. The van der Waals surface area contributed by atoms with Gasteiger partial charge in [-0.2, -0.15) is 0 Å². The smallest absolute Gasteiger partial charge is 0.125 e. The fourth-order valence-electron chi connectivity index (χ4n) is 2.36.